The van der Waals surface area contributed by atoms with Gasteiger partial charge in [-0.25, -0.2) is 0 Å². The van der Waals surface area contributed by atoms with Gasteiger partial charge >= 0.3 is 0 Å². The predicted octanol–water partition coefficient (Wildman–Crippen LogP) is 1.35. The average molecular weight is 1190 g/mol. The first-order valence-electron chi connectivity index (χ1n) is 29.9. The number of amides is 9. The molecule has 9 amide bonds. The van der Waals surface area contributed by atoms with Crippen molar-refractivity contribution in [3.63, 3.8) is 0 Å². The number of carbonyl (C=O) groups is 9. The number of hydrogen-bond acceptors (Lipinski definition) is 13. The highest BCUT2D eigenvalue weighted by Gasteiger charge is 2.34. The summed E-state index contributed by atoms with van der Waals surface area (Å²) in [5.41, 5.74) is 33.3. The Labute approximate surface area is 506 Å². The van der Waals surface area contributed by atoms with Crippen LogP contribution in [0.25, 0.3) is 0 Å². The quantitative estimate of drug-likeness (QED) is 0.0281. The van der Waals surface area contributed by atoms with Crippen LogP contribution < -0.4 is 71.2 Å². The van der Waals surface area contributed by atoms with Crippen LogP contribution in [0, 0.1) is 11.8 Å². The fourth-order valence-electron chi connectivity index (χ4n) is 9.64. The molecule has 0 radical (unpaired) electrons. The van der Waals surface area contributed by atoms with Crippen LogP contribution in [0.2, 0.25) is 0 Å². The first-order chi connectivity index (χ1) is 41.2. The van der Waals surface area contributed by atoms with E-state index in [2.05, 4.69) is 42.5 Å². The molecule has 0 aliphatic rings. The summed E-state index contributed by atoms with van der Waals surface area (Å²) >= 11 is 0. The van der Waals surface area contributed by atoms with Gasteiger partial charge in [-0.1, -0.05) is 149 Å². The van der Waals surface area contributed by atoms with Crippen LogP contribution in [0.4, 0.5) is 0 Å². The molecule has 18 N–H and O–H groups in total. The highest BCUT2D eigenvalue weighted by Crippen LogP contribution is 2.14. The molecule has 468 valence electrons. The Morgan fingerprint density at radius 2 is 0.640 bits per heavy atom. The van der Waals surface area contributed by atoms with Gasteiger partial charge in [-0.15, -0.1) is 0 Å². The zero-order chi connectivity index (χ0) is 63.0. The van der Waals surface area contributed by atoms with Crippen molar-refractivity contribution in [1.82, 2.24) is 42.5 Å². The number of primary amides is 1. The molecule has 9 atom stereocenters. The molecule has 0 saturated carbocycles. The van der Waals surface area contributed by atoms with Crippen LogP contribution in [0.15, 0.2) is 121 Å². The van der Waals surface area contributed by atoms with Crippen molar-refractivity contribution in [3.05, 3.63) is 144 Å². The normalized spacial score (nSPS) is 14.3. The fourth-order valence-corrected chi connectivity index (χ4v) is 9.64. The number of unbranched alkanes of at least 4 members (excludes halogenated alkanes) is 1. The maximum absolute atomic E-state index is 14.2. The lowest BCUT2D eigenvalue weighted by Gasteiger charge is -2.27. The van der Waals surface area contributed by atoms with E-state index in [9.17, 15) is 43.2 Å². The van der Waals surface area contributed by atoms with Gasteiger partial charge in [0.15, 0.2) is 0 Å². The number of rotatable bonds is 39. The van der Waals surface area contributed by atoms with E-state index < -0.39 is 108 Å². The summed E-state index contributed by atoms with van der Waals surface area (Å²) in [7, 11) is 0. The second-order valence-electron chi connectivity index (χ2n) is 22.7. The van der Waals surface area contributed by atoms with Gasteiger partial charge in [-0.05, 0) is 118 Å². The summed E-state index contributed by atoms with van der Waals surface area (Å²) in [4.78, 5) is 124. The highest BCUT2D eigenvalue weighted by molar-refractivity contribution is 5.97. The maximum atomic E-state index is 14.2. The van der Waals surface area contributed by atoms with Gasteiger partial charge in [0.2, 0.25) is 53.2 Å². The van der Waals surface area contributed by atoms with E-state index in [4.69, 9.17) is 28.7 Å². The molecule has 0 aliphatic carbocycles. The van der Waals surface area contributed by atoms with E-state index in [1.807, 2.05) is 137 Å². The van der Waals surface area contributed by atoms with Crippen LogP contribution in [0.3, 0.4) is 0 Å². The predicted molar refractivity (Wildman–Crippen MR) is 332 cm³/mol. The third-order valence-electron chi connectivity index (χ3n) is 14.3. The lowest BCUT2D eigenvalue weighted by atomic mass is 9.99. The van der Waals surface area contributed by atoms with Crippen molar-refractivity contribution in [2.75, 3.05) is 19.6 Å². The summed E-state index contributed by atoms with van der Waals surface area (Å²) in [6.07, 6.45) is 2.72. The molecule has 4 aromatic rings. The SMILES string of the molecule is CC(C)C[C@@H](NC(=O)[C@@H](Cc1ccccc1)NC(=O)[C@H](N)Cc1ccccc1)C(=O)N[C@H](CCCN)C(=O)NCCCC[C@H](NC(=O)[C@@H](CCCN)NC(=O)[C@@H](CC(C)C)NC(=O)[C@@H](Cc1ccccc1)NC(=O)[C@H](N)Cc1ccccc1)C(N)=O. The third kappa shape index (κ3) is 26.1. The summed E-state index contributed by atoms with van der Waals surface area (Å²) < 4.78 is 0. The minimum atomic E-state index is -1.19. The van der Waals surface area contributed by atoms with E-state index in [1.165, 1.54) is 0 Å². The molecule has 0 heterocycles. The molecular weight excluding hydrogens is 1090 g/mol. The zero-order valence-electron chi connectivity index (χ0n) is 50.3. The smallest absolute Gasteiger partial charge is 0.243 e. The standard InChI is InChI=1S/C64H93N13O9/c1-41(2)35-52(76-63(85)54(39-45-25-13-7-14-26-45)74-57(79)47(67)37-43-21-9-5-10-22-43)61(83)72-50(30-19-32-65)59(81)70-34-18-17-29-49(56(69)78)71-60(82)51(31-20-33-66)73-62(84)53(36-42(3)4)77-64(86)55(40-46-27-15-8-16-28-46)75-58(80)48(68)38-44-23-11-6-12-24-44/h5-16,21-28,41-42,47-55H,17-20,29-40,65-68H2,1-4H3,(H2,69,78)(H,70,81)(H,71,82)(H,72,83)(H,73,84)(H,74,79)(H,75,80)(H,76,85)(H,77,86)/t47-,48-,49+,50-,51-,52-,53-,54-,55-/m1/s1. The molecule has 4 rings (SSSR count). The third-order valence-corrected chi connectivity index (χ3v) is 14.3. The van der Waals surface area contributed by atoms with Crippen LogP contribution in [0.1, 0.15) is 108 Å². The summed E-state index contributed by atoms with van der Waals surface area (Å²) in [5.74, 6) is -5.83. The van der Waals surface area contributed by atoms with Crippen molar-refractivity contribution in [2.45, 2.75) is 166 Å². The van der Waals surface area contributed by atoms with E-state index >= 15 is 0 Å². The molecule has 22 heteroatoms. The van der Waals surface area contributed by atoms with Gasteiger partial charge in [0.1, 0.15) is 42.3 Å². The fraction of sp³-hybridized carbons (Fsp3) is 0.484. The van der Waals surface area contributed by atoms with Crippen LogP contribution >= 0.6 is 0 Å². The lowest BCUT2D eigenvalue weighted by Crippen LogP contribution is -2.59. The molecule has 0 spiro atoms. The Bertz CT molecular complexity index is 2740. The number of carbonyl (C=O) groups excluding carboxylic acids is 9. The van der Waals surface area contributed by atoms with Crippen molar-refractivity contribution in [3.8, 4) is 0 Å². The first-order valence-corrected chi connectivity index (χ1v) is 29.9. The molecular formula is C64H93N13O9. The number of nitrogens with two attached hydrogens (primary N) is 5. The molecule has 0 fully saturated rings. The molecule has 4 aromatic carbocycles. The number of nitrogens with one attached hydrogen (secondary N) is 8. The number of benzene rings is 4. The van der Waals surface area contributed by atoms with Crippen LogP contribution in [-0.2, 0) is 68.8 Å². The van der Waals surface area contributed by atoms with Gasteiger partial charge in [0.25, 0.3) is 0 Å². The van der Waals surface area contributed by atoms with Crippen LogP contribution in [-0.4, -0.2) is 127 Å². The maximum Gasteiger partial charge on any atom is 0.243 e. The average Bonchev–Trinajstić information content (AvgIpc) is 3.63. The van der Waals surface area contributed by atoms with Crippen molar-refractivity contribution in [1.29, 1.82) is 0 Å². The minimum absolute atomic E-state index is 0.0681. The first kappa shape index (κ1) is 70.4. The Balaban J connectivity index is 1.37. The van der Waals surface area contributed by atoms with Gasteiger partial charge in [0.05, 0.1) is 12.1 Å². The Morgan fingerprint density at radius 3 is 0.988 bits per heavy atom. The molecule has 86 heavy (non-hydrogen) atoms. The van der Waals surface area contributed by atoms with E-state index in [1.54, 1.807) is 12.1 Å². The van der Waals surface area contributed by atoms with Crippen molar-refractivity contribution >= 4 is 53.2 Å². The Kier molecular flexibility index (Phi) is 31.2. The zero-order valence-corrected chi connectivity index (χ0v) is 50.3. The topological polar surface area (TPSA) is 380 Å². The molecule has 0 aromatic heterocycles. The largest absolute Gasteiger partial charge is 0.368 e. The van der Waals surface area contributed by atoms with Gasteiger partial charge < -0.3 is 71.2 Å². The Hall–Kier alpha value is -8.05. The van der Waals surface area contributed by atoms with Gasteiger partial charge in [-0.2, -0.15) is 0 Å². The molecule has 0 unspecified atom stereocenters. The van der Waals surface area contributed by atoms with Gasteiger partial charge in [0, 0.05) is 19.4 Å². The molecule has 0 bridgehead atoms. The number of hydrogen-bond donors (Lipinski definition) is 13. The summed E-state index contributed by atoms with van der Waals surface area (Å²) in [6.45, 7) is 8.03. The summed E-state index contributed by atoms with van der Waals surface area (Å²) in [5, 5.41) is 22.3. The Morgan fingerprint density at radius 1 is 0.349 bits per heavy atom. The monoisotopic (exact) mass is 1190 g/mol. The molecule has 0 saturated heterocycles. The van der Waals surface area contributed by atoms with Gasteiger partial charge in [-0.3, -0.25) is 43.2 Å². The second-order valence-corrected chi connectivity index (χ2v) is 22.7. The van der Waals surface area contributed by atoms with Crippen molar-refractivity contribution < 1.29 is 43.2 Å². The van der Waals surface area contributed by atoms with Crippen LogP contribution in [0.5, 0.6) is 0 Å². The summed E-state index contributed by atoms with van der Waals surface area (Å²) in [6, 6.07) is 26.9. The van der Waals surface area contributed by atoms with E-state index in [-0.39, 0.29) is 89.3 Å². The van der Waals surface area contributed by atoms with E-state index in [0.717, 1.165) is 22.3 Å². The van der Waals surface area contributed by atoms with E-state index in [0.29, 0.717) is 25.7 Å². The minimum Gasteiger partial charge on any atom is -0.368 e. The lowest BCUT2D eigenvalue weighted by molar-refractivity contribution is -0.134. The highest BCUT2D eigenvalue weighted by atomic mass is 16.2. The second kappa shape index (κ2) is 38.1. The molecule has 22 nitrogen and oxygen atoms in total. The molecule has 0 aliphatic heterocycles. The van der Waals surface area contributed by atoms with Crippen molar-refractivity contribution in [2.24, 2.45) is 40.5 Å².